The summed E-state index contributed by atoms with van der Waals surface area (Å²) in [5.41, 5.74) is 0. The summed E-state index contributed by atoms with van der Waals surface area (Å²) in [6.07, 6.45) is -4.41. The van der Waals surface area contributed by atoms with Gasteiger partial charge in [0.15, 0.2) is 5.79 Å². The van der Waals surface area contributed by atoms with Gasteiger partial charge in [-0.05, 0) is 27.7 Å². The molecule has 2 fully saturated rings. The van der Waals surface area contributed by atoms with Gasteiger partial charge in [-0.2, -0.15) is 0 Å². The van der Waals surface area contributed by atoms with Crippen LogP contribution in [0.3, 0.4) is 0 Å². The van der Waals surface area contributed by atoms with Crippen molar-refractivity contribution in [2.24, 2.45) is 0 Å². The maximum absolute atomic E-state index is 10.4. The molecule has 6 atom stereocenters. The Morgan fingerprint density at radius 2 is 1.58 bits per heavy atom. The van der Waals surface area contributed by atoms with E-state index < -0.39 is 42.4 Å². The number of rotatable bonds is 3. The van der Waals surface area contributed by atoms with E-state index in [1.165, 1.54) is 7.11 Å². The Hall–Kier alpha value is -0.240. The van der Waals surface area contributed by atoms with E-state index in [1.54, 1.807) is 13.8 Å². The van der Waals surface area contributed by atoms with Gasteiger partial charge in [-0.1, -0.05) is 0 Å². The Balaban J connectivity index is 2.23. The van der Waals surface area contributed by atoms with Crippen LogP contribution in [0.1, 0.15) is 27.7 Å². The number of ether oxygens (including phenoxy) is 4. The minimum atomic E-state index is -0.957. The summed E-state index contributed by atoms with van der Waals surface area (Å²) in [6.45, 7) is 7.25. The SMILES string of the molecule is COC1C(O)C(OC(C)C)C(O)C2OC(C)(C)OC12. The molecule has 2 aliphatic rings. The van der Waals surface area contributed by atoms with E-state index in [4.69, 9.17) is 18.9 Å². The van der Waals surface area contributed by atoms with Gasteiger partial charge >= 0.3 is 0 Å². The summed E-state index contributed by atoms with van der Waals surface area (Å²) < 4.78 is 22.4. The van der Waals surface area contributed by atoms with E-state index in [9.17, 15) is 10.2 Å². The molecule has 0 aromatic rings. The smallest absolute Gasteiger partial charge is 0.164 e. The normalized spacial score (nSPS) is 45.5. The zero-order valence-electron chi connectivity index (χ0n) is 12.1. The van der Waals surface area contributed by atoms with Crippen molar-refractivity contribution in [1.82, 2.24) is 0 Å². The van der Waals surface area contributed by atoms with Crippen molar-refractivity contribution in [3.63, 3.8) is 0 Å². The highest BCUT2D eigenvalue weighted by Gasteiger charge is 2.58. The summed E-state index contributed by atoms with van der Waals surface area (Å²) in [5, 5.41) is 20.7. The summed E-state index contributed by atoms with van der Waals surface area (Å²) in [5.74, 6) is -0.806. The largest absolute Gasteiger partial charge is 0.387 e. The highest BCUT2D eigenvalue weighted by Crippen LogP contribution is 2.39. The van der Waals surface area contributed by atoms with E-state index in [2.05, 4.69) is 0 Å². The third-order valence-corrected chi connectivity index (χ3v) is 3.54. The molecule has 0 spiro atoms. The van der Waals surface area contributed by atoms with Crippen LogP contribution in [0.15, 0.2) is 0 Å². The second kappa shape index (κ2) is 5.27. The summed E-state index contributed by atoms with van der Waals surface area (Å²) in [7, 11) is 1.50. The molecule has 19 heavy (non-hydrogen) atoms. The molecule has 1 aliphatic heterocycles. The van der Waals surface area contributed by atoms with Crippen molar-refractivity contribution in [3.8, 4) is 0 Å². The highest BCUT2D eigenvalue weighted by molar-refractivity contribution is 5.05. The zero-order valence-corrected chi connectivity index (χ0v) is 12.1. The van der Waals surface area contributed by atoms with Crippen molar-refractivity contribution in [3.05, 3.63) is 0 Å². The Bertz CT molecular complexity index is 316. The molecule has 2 N–H and O–H groups in total. The van der Waals surface area contributed by atoms with E-state index >= 15 is 0 Å². The number of aliphatic hydroxyl groups is 2. The van der Waals surface area contributed by atoms with Crippen molar-refractivity contribution in [2.75, 3.05) is 7.11 Å². The van der Waals surface area contributed by atoms with Crippen LogP contribution >= 0.6 is 0 Å². The van der Waals surface area contributed by atoms with Gasteiger partial charge < -0.3 is 29.2 Å². The molecule has 112 valence electrons. The Morgan fingerprint density at radius 3 is 2.11 bits per heavy atom. The van der Waals surface area contributed by atoms with Gasteiger partial charge in [-0.25, -0.2) is 0 Å². The Labute approximate surface area is 113 Å². The minimum Gasteiger partial charge on any atom is -0.387 e. The fraction of sp³-hybridized carbons (Fsp3) is 1.00. The fourth-order valence-electron chi connectivity index (χ4n) is 2.85. The van der Waals surface area contributed by atoms with Gasteiger partial charge in [0.05, 0.1) is 6.10 Å². The van der Waals surface area contributed by atoms with Crippen LogP contribution in [0, 0.1) is 0 Å². The van der Waals surface area contributed by atoms with Gasteiger partial charge in [0, 0.05) is 7.11 Å². The zero-order chi connectivity index (χ0) is 14.4. The van der Waals surface area contributed by atoms with Crippen molar-refractivity contribution >= 4 is 0 Å². The molecule has 0 amide bonds. The number of aliphatic hydroxyl groups excluding tert-OH is 2. The maximum Gasteiger partial charge on any atom is 0.164 e. The van der Waals surface area contributed by atoms with E-state index in [0.29, 0.717) is 0 Å². The first kappa shape index (κ1) is 15.2. The van der Waals surface area contributed by atoms with Crippen molar-refractivity contribution in [1.29, 1.82) is 0 Å². The van der Waals surface area contributed by atoms with Crippen LogP contribution in [0.2, 0.25) is 0 Å². The molecular formula is C13H24O6. The molecule has 1 saturated heterocycles. The van der Waals surface area contributed by atoms with Crippen LogP contribution in [0.25, 0.3) is 0 Å². The second-order valence-corrected chi connectivity index (χ2v) is 5.90. The first-order valence-corrected chi connectivity index (χ1v) is 6.67. The lowest BCUT2D eigenvalue weighted by atomic mass is 9.84. The maximum atomic E-state index is 10.4. The Morgan fingerprint density at radius 1 is 1.00 bits per heavy atom. The monoisotopic (exact) mass is 276 g/mol. The fourth-order valence-corrected chi connectivity index (χ4v) is 2.85. The molecule has 6 unspecified atom stereocenters. The molecule has 0 aromatic heterocycles. The standard InChI is InChI=1S/C13H24O6/c1-6(2)17-9-7(14)10(16-5)12-11(8(9)15)18-13(3,4)19-12/h6-12,14-15H,1-5H3. The van der Waals surface area contributed by atoms with E-state index in [-0.39, 0.29) is 6.10 Å². The second-order valence-electron chi connectivity index (χ2n) is 5.90. The molecular weight excluding hydrogens is 252 g/mol. The van der Waals surface area contributed by atoms with Gasteiger partial charge in [-0.3, -0.25) is 0 Å². The number of fused-ring (bicyclic) bond motifs is 1. The molecule has 0 bridgehead atoms. The van der Waals surface area contributed by atoms with Crippen LogP contribution in [0.5, 0.6) is 0 Å². The van der Waals surface area contributed by atoms with Gasteiger partial charge in [0.25, 0.3) is 0 Å². The van der Waals surface area contributed by atoms with Crippen molar-refractivity contribution in [2.45, 2.75) is 76.2 Å². The van der Waals surface area contributed by atoms with Crippen LogP contribution < -0.4 is 0 Å². The molecule has 0 radical (unpaired) electrons. The molecule has 1 aliphatic carbocycles. The molecule has 1 heterocycles. The molecule has 2 rings (SSSR count). The lowest BCUT2D eigenvalue weighted by Gasteiger charge is -2.43. The summed E-state index contributed by atoms with van der Waals surface area (Å²) in [4.78, 5) is 0. The van der Waals surface area contributed by atoms with Gasteiger partial charge in [0.1, 0.15) is 36.6 Å². The molecule has 1 saturated carbocycles. The summed E-state index contributed by atoms with van der Waals surface area (Å²) >= 11 is 0. The van der Waals surface area contributed by atoms with Gasteiger partial charge in [0.2, 0.25) is 0 Å². The number of methoxy groups -OCH3 is 1. The van der Waals surface area contributed by atoms with E-state index in [1.807, 2.05) is 13.8 Å². The summed E-state index contributed by atoms with van der Waals surface area (Å²) in [6, 6.07) is 0. The van der Waals surface area contributed by atoms with Crippen LogP contribution in [0.4, 0.5) is 0 Å². The predicted octanol–water partition coefficient (Wildman–Crippen LogP) is 0.0505. The quantitative estimate of drug-likeness (QED) is 0.758. The Kier molecular flexibility index (Phi) is 4.21. The van der Waals surface area contributed by atoms with Gasteiger partial charge in [-0.15, -0.1) is 0 Å². The van der Waals surface area contributed by atoms with E-state index in [0.717, 1.165) is 0 Å². The van der Waals surface area contributed by atoms with Crippen LogP contribution in [-0.4, -0.2) is 65.8 Å². The number of hydrogen-bond donors (Lipinski definition) is 2. The third-order valence-electron chi connectivity index (χ3n) is 3.54. The number of hydrogen-bond acceptors (Lipinski definition) is 6. The average molecular weight is 276 g/mol. The molecule has 6 nitrogen and oxygen atoms in total. The first-order chi connectivity index (χ1) is 8.76. The first-order valence-electron chi connectivity index (χ1n) is 6.67. The molecule has 6 heteroatoms. The lowest BCUT2D eigenvalue weighted by Crippen LogP contribution is -2.64. The average Bonchev–Trinajstić information content (AvgIpc) is 2.61. The molecule has 0 aromatic carbocycles. The highest BCUT2D eigenvalue weighted by atomic mass is 16.8. The van der Waals surface area contributed by atoms with Crippen molar-refractivity contribution < 1.29 is 29.2 Å². The van der Waals surface area contributed by atoms with Crippen LogP contribution in [-0.2, 0) is 18.9 Å². The topological polar surface area (TPSA) is 77.4 Å². The minimum absolute atomic E-state index is 0.112. The predicted molar refractivity (Wildman–Crippen MR) is 66.6 cm³/mol. The third kappa shape index (κ3) is 2.79. The lowest BCUT2D eigenvalue weighted by molar-refractivity contribution is -0.222.